The van der Waals surface area contributed by atoms with Crippen LogP contribution in [-0.2, 0) is 6.54 Å². The largest absolute Gasteiger partial charge is 0.497 e. The van der Waals surface area contributed by atoms with Crippen molar-refractivity contribution in [3.8, 4) is 5.75 Å². The maximum Gasteiger partial charge on any atom is 0.209 e. The van der Waals surface area contributed by atoms with Crippen molar-refractivity contribution in [2.45, 2.75) is 26.4 Å². The highest BCUT2D eigenvalue weighted by molar-refractivity contribution is 7.09. The fourth-order valence-electron chi connectivity index (χ4n) is 4.21. The van der Waals surface area contributed by atoms with E-state index < -0.39 is 0 Å². The Morgan fingerprint density at radius 2 is 1.90 bits per heavy atom. The minimum atomic E-state index is 0.294. The smallest absolute Gasteiger partial charge is 0.209 e. The van der Waals surface area contributed by atoms with Gasteiger partial charge in [0.2, 0.25) is 5.82 Å². The standard InChI is InChI=1S/C21H28N6OS/c1-16(2)20(21-22-23-24-27(21)15-19-5-4-14-29-19)26-12-10-25(11-13-26)17-6-8-18(28-3)9-7-17/h4-9,14,16,20H,10-13,15H2,1-3H3/p+1/t20-/m1/s1. The molecule has 3 heterocycles. The number of piperazine rings is 1. The number of nitrogens with one attached hydrogen (secondary N) is 1. The zero-order valence-corrected chi connectivity index (χ0v) is 18.1. The first-order valence-electron chi connectivity index (χ1n) is 10.2. The Kier molecular flexibility index (Phi) is 6.10. The van der Waals surface area contributed by atoms with Gasteiger partial charge >= 0.3 is 0 Å². The van der Waals surface area contributed by atoms with Gasteiger partial charge in [-0.3, -0.25) is 0 Å². The zero-order chi connectivity index (χ0) is 20.2. The van der Waals surface area contributed by atoms with Gasteiger partial charge in [-0.1, -0.05) is 19.9 Å². The van der Waals surface area contributed by atoms with E-state index in [1.54, 1.807) is 23.3 Å². The third-order valence-corrected chi connectivity index (χ3v) is 6.53. The highest BCUT2D eigenvalue weighted by Gasteiger charge is 2.35. The van der Waals surface area contributed by atoms with Crippen molar-refractivity contribution in [2.75, 3.05) is 38.2 Å². The number of hydrogen-bond acceptors (Lipinski definition) is 6. The van der Waals surface area contributed by atoms with Crippen LogP contribution in [0.4, 0.5) is 5.69 Å². The van der Waals surface area contributed by atoms with Gasteiger partial charge in [-0.25, -0.2) is 4.68 Å². The Bertz CT molecular complexity index is 884. The van der Waals surface area contributed by atoms with Crippen LogP contribution in [0.3, 0.4) is 0 Å². The van der Waals surface area contributed by atoms with Gasteiger partial charge in [0.25, 0.3) is 0 Å². The lowest BCUT2D eigenvalue weighted by Gasteiger charge is -2.38. The van der Waals surface area contributed by atoms with E-state index in [0.717, 1.165) is 44.3 Å². The van der Waals surface area contributed by atoms with Crippen molar-refractivity contribution in [3.63, 3.8) is 0 Å². The Balaban J connectivity index is 1.46. The number of ether oxygens (including phenoxy) is 1. The molecule has 1 fully saturated rings. The highest BCUT2D eigenvalue weighted by Crippen LogP contribution is 2.21. The van der Waals surface area contributed by atoms with Crippen molar-refractivity contribution < 1.29 is 9.64 Å². The Morgan fingerprint density at radius 3 is 2.52 bits per heavy atom. The molecular formula is C21H29N6OS+. The molecule has 1 saturated heterocycles. The molecule has 1 aromatic carbocycles. The number of rotatable bonds is 7. The minimum absolute atomic E-state index is 0.294. The van der Waals surface area contributed by atoms with Crippen LogP contribution >= 0.6 is 11.3 Å². The molecule has 1 atom stereocenters. The molecule has 4 rings (SSSR count). The molecular weight excluding hydrogens is 384 g/mol. The molecule has 0 radical (unpaired) electrons. The van der Waals surface area contributed by atoms with Crippen LogP contribution in [0.15, 0.2) is 41.8 Å². The molecule has 1 aliphatic rings. The van der Waals surface area contributed by atoms with E-state index in [1.165, 1.54) is 10.6 Å². The Morgan fingerprint density at radius 1 is 1.14 bits per heavy atom. The molecule has 0 aliphatic carbocycles. The summed E-state index contributed by atoms with van der Waals surface area (Å²) in [6.07, 6.45) is 0. The van der Waals surface area contributed by atoms with Gasteiger partial charge in [0.05, 0.1) is 39.8 Å². The van der Waals surface area contributed by atoms with E-state index in [0.29, 0.717) is 12.0 Å². The van der Waals surface area contributed by atoms with Gasteiger partial charge in [0.1, 0.15) is 5.75 Å². The third kappa shape index (κ3) is 4.43. The normalized spacial score (nSPS) is 16.3. The van der Waals surface area contributed by atoms with E-state index in [1.807, 2.05) is 16.8 Å². The van der Waals surface area contributed by atoms with Gasteiger partial charge in [-0.15, -0.1) is 16.4 Å². The lowest BCUT2D eigenvalue weighted by molar-refractivity contribution is -0.937. The molecule has 1 aliphatic heterocycles. The molecule has 0 bridgehead atoms. The maximum atomic E-state index is 5.28. The first-order chi connectivity index (χ1) is 14.2. The van der Waals surface area contributed by atoms with Crippen LogP contribution in [0, 0.1) is 5.92 Å². The number of benzene rings is 1. The Labute approximate surface area is 175 Å². The summed E-state index contributed by atoms with van der Waals surface area (Å²) in [6.45, 7) is 9.49. The number of methoxy groups -OCH3 is 1. The van der Waals surface area contributed by atoms with Crippen LogP contribution in [-0.4, -0.2) is 53.5 Å². The quantitative estimate of drug-likeness (QED) is 0.641. The van der Waals surface area contributed by atoms with E-state index in [-0.39, 0.29) is 0 Å². The summed E-state index contributed by atoms with van der Waals surface area (Å²) in [5.41, 5.74) is 1.26. The molecule has 8 heteroatoms. The van der Waals surface area contributed by atoms with Crippen LogP contribution in [0.1, 0.15) is 30.6 Å². The monoisotopic (exact) mass is 413 g/mol. The lowest BCUT2D eigenvalue weighted by atomic mass is 10.0. The second-order valence-electron chi connectivity index (χ2n) is 7.84. The minimum Gasteiger partial charge on any atom is -0.497 e. The molecule has 0 unspecified atom stereocenters. The lowest BCUT2D eigenvalue weighted by Crippen LogP contribution is -3.15. The molecule has 0 spiro atoms. The first kappa shape index (κ1) is 19.8. The number of anilines is 1. The number of quaternary nitrogens is 1. The summed E-state index contributed by atoms with van der Waals surface area (Å²) in [7, 11) is 1.70. The number of aromatic nitrogens is 4. The van der Waals surface area contributed by atoms with Gasteiger partial charge < -0.3 is 14.5 Å². The average Bonchev–Trinajstić information content (AvgIpc) is 3.42. The Hall–Kier alpha value is -2.45. The van der Waals surface area contributed by atoms with Crippen LogP contribution in [0.2, 0.25) is 0 Å². The fourth-order valence-corrected chi connectivity index (χ4v) is 4.89. The van der Waals surface area contributed by atoms with Crippen molar-refractivity contribution in [1.82, 2.24) is 20.2 Å². The molecule has 2 aromatic heterocycles. The summed E-state index contributed by atoms with van der Waals surface area (Å²) in [4.78, 5) is 5.29. The summed E-state index contributed by atoms with van der Waals surface area (Å²) in [5.74, 6) is 2.36. The topological polar surface area (TPSA) is 60.5 Å². The highest BCUT2D eigenvalue weighted by atomic mass is 32.1. The third-order valence-electron chi connectivity index (χ3n) is 5.67. The first-order valence-corrected chi connectivity index (χ1v) is 11.1. The van der Waals surface area contributed by atoms with E-state index in [4.69, 9.17) is 4.74 Å². The second kappa shape index (κ2) is 8.92. The molecule has 0 amide bonds. The average molecular weight is 414 g/mol. The molecule has 3 aromatic rings. The second-order valence-corrected chi connectivity index (χ2v) is 8.87. The van der Waals surface area contributed by atoms with Gasteiger partial charge in [0, 0.05) is 16.5 Å². The molecule has 7 nitrogen and oxygen atoms in total. The van der Waals surface area contributed by atoms with Crippen molar-refractivity contribution in [3.05, 3.63) is 52.5 Å². The van der Waals surface area contributed by atoms with Crippen LogP contribution in [0.5, 0.6) is 5.75 Å². The summed E-state index contributed by atoms with van der Waals surface area (Å²) >= 11 is 1.75. The van der Waals surface area contributed by atoms with Crippen molar-refractivity contribution >= 4 is 17.0 Å². The molecule has 154 valence electrons. The maximum absolute atomic E-state index is 5.28. The SMILES string of the molecule is COc1ccc(N2CC[NH+]([C@@H](c3nnnn3Cc3cccs3)C(C)C)CC2)cc1. The predicted molar refractivity (Wildman–Crippen MR) is 115 cm³/mol. The number of nitrogens with zero attached hydrogens (tertiary/aromatic N) is 5. The predicted octanol–water partition coefficient (Wildman–Crippen LogP) is 1.89. The number of tetrazole rings is 1. The van der Waals surface area contributed by atoms with Crippen LogP contribution in [0.25, 0.3) is 0 Å². The number of thiophene rings is 1. The summed E-state index contributed by atoms with van der Waals surface area (Å²) < 4.78 is 7.26. The zero-order valence-electron chi connectivity index (χ0n) is 17.3. The summed E-state index contributed by atoms with van der Waals surface area (Å²) in [6, 6.07) is 12.9. The molecule has 1 N–H and O–H groups in total. The van der Waals surface area contributed by atoms with Crippen molar-refractivity contribution in [1.29, 1.82) is 0 Å². The fraction of sp³-hybridized carbons (Fsp3) is 0.476. The van der Waals surface area contributed by atoms with Gasteiger partial charge in [-0.2, -0.15) is 0 Å². The summed E-state index contributed by atoms with van der Waals surface area (Å²) in [5, 5.41) is 14.9. The van der Waals surface area contributed by atoms with E-state index in [2.05, 4.69) is 63.9 Å². The van der Waals surface area contributed by atoms with Gasteiger partial charge in [-0.05, 0) is 46.1 Å². The molecule has 29 heavy (non-hydrogen) atoms. The number of hydrogen-bond donors (Lipinski definition) is 1. The van der Waals surface area contributed by atoms with Crippen LogP contribution < -0.4 is 14.5 Å². The van der Waals surface area contributed by atoms with Gasteiger partial charge in [0.15, 0.2) is 6.04 Å². The molecule has 0 saturated carbocycles. The van der Waals surface area contributed by atoms with E-state index in [9.17, 15) is 0 Å². The van der Waals surface area contributed by atoms with Crippen molar-refractivity contribution in [2.24, 2.45) is 5.92 Å². The van der Waals surface area contributed by atoms with E-state index >= 15 is 0 Å².